The predicted molar refractivity (Wildman–Crippen MR) is 47.5 cm³/mol. The second-order valence-corrected chi connectivity index (χ2v) is 3.31. The molecule has 0 aliphatic carbocycles. The van der Waals surface area contributed by atoms with Crippen LogP contribution in [0.15, 0.2) is 29.2 Å². The molecule has 0 spiro atoms. The Bertz CT molecular complexity index is 258. The van der Waals surface area contributed by atoms with Crippen LogP contribution < -0.4 is 0 Å². The number of hydrogen-bond acceptors (Lipinski definition) is 2. The lowest BCUT2D eigenvalue weighted by Gasteiger charge is -1.96. The highest BCUT2D eigenvalue weighted by molar-refractivity contribution is 7.99. The predicted octanol–water partition coefficient (Wildman–Crippen LogP) is 2.61. The molecule has 1 rings (SSSR count). The second-order valence-electron chi connectivity index (χ2n) is 2.26. The Morgan fingerprint density at radius 3 is 2.55 bits per heavy atom. The van der Waals surface area contributed by atoms with Gasteiger partial charge in [0.1, 0.15) is 0 Å². The molecule has 1 aromatic rings. The maximum atomic E-state index is 8.31. The molecule has 0 radical (unpaired) electrons. The normalized spacial score (nSPS) is 9.09. The van der Waals surface area contributed by atoms with Crippen LogP contribution in [0.25, 0.3) is 0 Å². The smallest absolute Gasteiger partial charge is 0.0855 e. The Morgan fingerprint density at radius 1 is 1.36 bits per heavy atom. The molecule has 0 aliphatic heterocycles. The van der Waals surface area contributed by atoms with Gasteiger partial charge in [-0.1, -0.05) is 17.7 Å². The summed E-state index contributed by atoms with van der Waals surface area (Å²) < 4.78 is 0. The van der Waals surface area contributed by atoms with Crippen LogP contribution in [0.3, 0.4) is 0 Å². The highest BCUT2D eigenvalue weighted by Crippen LogP contribution is 2.16. The van der Waals surface area contributed by atoms with E-state index in [1.165, 1.54) is 5.56 Å². The monoisotopic (exact) mass is 163 g/mol. The molecule has 0 aromatic heterocycles. The zero-order chi connectivity index (χ0) is 8.10. The van der Waals surface area contributed by atoms with Crippen molar-refractivity contribution in [2.24, 2.45) is 0 Å². The highest BCUT2D eigenvalue weighted by Gasteiger charge is 1.90. The summed E-state index contributed by atoms with van der Waals surface area (Å²) in [5.41, 5.74) is 1.26. The number of rotatable bonds is 2. The molecule has 56 valence electrons. The van der Waals surface area contributed by atoms with Gasteiger partial charge in [0, 0.05) is 4.90 Å². The maximum absolute atomic E-state index is 8.31. The van der Waals surface area contributed by atoms with Crippen LogP contribution in [0.2, 0.25) is 0 Å². The Kier molecular flexibility index (Phi) is 3.00. The van der Waals surface area contributed by atoms with Crippen molar-refractivity contribution in [1.29, 1.82) is 5.26 Å². The van der Waals surface area contributed by atoms with E-state index in [4.69, 9.17) is 5.26 Å². The molecular weight excluding hydrogens is 154 g/mol. The average molecular weight is 163 g/mol. The molecule has 0 fully saturated rings. The summed E-state index contributed by atoms with van der Waals surface area (Å²) in [6, 6.07) is 10.3. The van der Waals surface area contributed by atoms with E-state index in [1.54, 1.807) is 11.8 Å². The quantitative estimate of drug-likeness (QED) is 0.626. The molecule has 11 heavy (non-hydrogen) atoms. The molecule has 0 amide bonds. The summed E-state index contributed by atoms with van der Waals surface area (Å²) in [7, 11) is 0. The van der Waals surface area contributed by atoms with Crippen LogP contribution in [0.4, 0.5) is 0 Å². The maximum Gasteiger partial charge on any atom is 0.0855 e. The molecule has 1 nitrogen and oxygen atoms in total. The Balaban J connectivity index is 2.60. The number of hydrogen-bond donors (Lipinski definition) is 0. The molecule has 0 saturated heterocycles. The lowest BCUT2D eigenvalue weighted by molar-refractivity contribution is 1.38. The lowest BCUT2D eigenvalue weighted by Crippen LogP contribution is -1.74. The highest BCUT2D eigenvalue weighted by atomic mass is 32.2. The molecule has 0 saturated carbocycles. The van der Waals surface area contributed by atoms with Crippen LogP contribution >= 0.6 is 11.8 Å². The summed E-state index contributed by atoms with van der Waals surface area (Å²) in [5, 5.41) is 8.31. The van der Waals surface area contributed by atoms with Gasteiger partial charge in [0.05, 0.1) is 11.8 Å². The number of nitriles is 1. The summed E-state index contributed by atoms with van der Waals surface area (Å²) in [4.78, 5) is 1.16. The minimum Gasteiger partial charge on any atom is -0.197 e. The molecule has 0 aliphatic rings. The first-order chi connectivity index (χ1) is 5.33. The van der Waals surface area contributed by atoms with Crippen LogP contribution in [-0.2, 0) is 0 Å². The van der Waals surface area contributed by atoms with Gasteiger partial charge < -0.3 is 0 Å². The topological polar surface area (TPSA) is 23.8 Å². The first-order valence-electron chi connectivity index (χ1n) is 3.39. The van der Waals surface area contributed by atoms with Gasteiger partial charge in [-0.3, -0.25) is 0 Å². The summed E-state index contributed by atoms with van der Waals surface area (Å²) >= 11 is 1.57. The van der Waals surface area contributed by atoms with Gasteiger partial charge in [-0.15, -0.1) is 11.8 Å². The standard InChI is InChI=1S/C9H9NS/c1-8-2-4-9(5-3-8)11-7-6-10/h2-5H,7H2,1H3. The van der Waals surface area contributed by atoms with Gasteiger partial charge in [0.15, 0.2) is 0 Å². The van der Waals surface area contributed by atoms with E-state index in [0.717, 1.165) is 4.90 Å². The molecule has 0 heterocycles. The van der Waals surface area contributed by atoms with Gasteiger partial charge in [-0.25, -0.2) is 0 Å². The minimum atomic E-state index is 0.531. The van der Waals surface area contributed by atoms with E-state index in [-0.39, 0.29) is 0 Å². The number of aryl methyl sites for hydroxylation is 1. The van der Waals surface area contributed by atoms with Crippen LogP contribution in [0.1, 0.15) is 5.56 Å². The lowest BCUT2D eigenvalue weighted by atomic mass is 10.2. The number of thioether (sulfide) groups is 1. The van der Waals surface area contributed by atoms with Crippen molar-refractivity contribution in [2.45, 2.75) is 11.8 Å². The molecule has 0 atom stereocenters. The van der Waals surface area contributed by atoms with Gasteiger partial charge in [0.2, 0.25) is 0 Å². The van der Waals surface area contributed by atoms with Crippen molar-refractivity contribution in [3.8, 4) is 6.07 Å². The molecular formula is C9H9NS. The molecule has 1 aromatic carbocycles. The van der Waals surface area contributed by atoms with Crippen molar-refractivity contribution in [2.75, 3.05) is 5.75 Å². The third-order valence-corrected chi connectivity index (χ3v) is 2.20. The fourth-order valence-corrected chi connectivity index (χ4v) is 1.31. The summed E-state index contributed by atoms with van der Waals surface area (Å²) in [6.45, 7) is 2.05. The minimum absolute atomic E-state index is 0.531. The van der Waals surface area contributed by atoms with E-state index in [0.29, 0.717) is 5.75 Å². The SMILES string of the molecule is Cc1ccc(SCC#N)cc1. The van der Waals surface area contributed by atoms with E-state index >= 15 is 0 Å². The Labute approximate surface area is 71.0 Å². The van der Waals surface area contributed by atoms with Gasteiger partial charge >= 0.3 is 0 Å². The van der Waals surface area contributed by atoms with Crippen LogP contribution in [0.5, 0.6) is 0 Å². The van der Waals surface area contributed by atoms with Gasteiger partial charge in [-0.05, 0) is 19.1 Å². The molecule has 0 N–H and O–H groups in total. The van der Waals surface area contributed by atoms with Crippen molar-refractivity contribution < 1.29 is 0 Å². The fourth-order valence-electron chi connectivity index (χ4n) is 0.750. The number of benzene rings is 1. The van der Waals surface area contributed by atoms with E-state index in [2.05, 4.69) is 25.1 Å². The summed E-state index contributed by atoms with van der Waals surface area (Å²) in [6.07, 6.45) is 0. The zero-order valence-corrected chi connectivity index (χ0v) is 7.19. The van der Waals surface area contributed by atoms with Crippen molar-refractivity contribution >= 4 is 11.8 Å². The molecule has 0 bridgehead atoms. The third-order valence-electron chi connectivity index (χ3n) is 1.32. The van der Waals surface area contributed by atoms with Crippen molar-refractivity contribution in [3.05, 3.63) is 29.8 Å². The van der Waals surface area contributed by atoms with Crippen molar-refractivity contribution in [1.82, 2.24) is 0 Å². The zero-order valence-electron chi connectivity index (χ0n) is 6.37. The molecule has 0 unspecified atom stereocenters. The Morgan fingerprint density at radius 2 is 2.00 bits per heavy atom. The average Bonchev–Trinajstić information content (AvgIpc) is 2.04. The first kappa shape index (κ1) is 8.16. The first-order valence-corrected chi connectivity index (χ1v) is 4.38. The van der Waals surface area contributed by atoms with Gasteiger partial charge in [0.25, 0.3) is 0 Å². The largest absolute Gasteiger partial charge is 0.197 e. The Hall–Kier alpha value is -0.940. The number of nitrogens with zero attached hydrogens (tertiary/aromatic N) is 1. The second kappa shape index (κ2) is 4.05. The van der Waals surface area contributed by atoms with E-state index in [9.17, 15) is 0 Å². The molecule has 2 heteroatoms. The fraction of sp³-hybridized carbons (Fsp3) is 0.222. The van der Waals surface area contributed by atoms with Crippen LogP contribution in [-0.4, -0.2) is 5.75 Å². The van der Waals surface area contributed by atoms with Gasteiger partial charge in [-0.2, -0.15) is 5.26 Å². The van der Waals surface area contributed by atoms with Crippen molar-refractivity contribution in [3.63, 3.8) is 0 Å². The van der Waals surface area contributed by atoms with E-state index in [1.807, 2.05) is 12.1 Å². The summed E-state index contributed by atoms with van der Waals surface area (Å²) in [5.74, 6) is 0.531. The van der Waals surface area contributed by atoms with Crippen LogP contribution in [0, 0.1) is 18.3 Å². The van der Waals surface area contributed by atoms with E-state index < -0.39 is 0 Å². The third kappa shape index (κ3) is 2.65.